The normalized spacial score (nSPS) is 13.2. The van der Waals surface area contributed by atoms with Gasteiger partial charge in [-0.05, 0) is 62.2 Å². The molecule has 15 heteroatoms. The highest BCUT2D eigenvalue weighted by Gasteiger charge is 2.22. The maximum Gasteiger partial charge on any atom is 0.183 e. The van der Waals surface area contributed by atoms with Crippen molar-refractivity contribution in [3.05, 3.63) is 147 Å². The van der Waals surface area contributed by atoms with Gasteiger partial charge in [0, 0.05) is 31.5 Å². The second-order valence-electron chi connectivity index (χ2n) is 14.7. The molecule has 1 aliphatic rings. The van der Waals surface area contributed by atoms with Crippen LogP contribution in [-0.4, -0.2) is 44.4 Å². The zero-order chi connectivity index (χ0) is 40.7. The third-order valence-corrected chi connectivity index (χ3v) is 11.4. The summed E-state index contributed by atoms with van der Waals surface area (Å²) in [5, 5.41) is 24.0. The van der Waals surface area contributed by atoms with Gasteiger partial charge in [-0.15, -0.1) is 5.10 Å². The van der Waals surface area contributed by atoms with E-state index in [-0.39, 0.29) is 12.8 Å². The number of hydrogen-bond acceptors (Lipinski definition) is 10. The molecule has 4 heterocycles. The first-order chi connectivity index (χ1) is 28.9. The Bertz CT molecular complexity index is 2490. The summed E-state index contributed by atoms with van der Waals surface area (Å²) >= 11 is 13.4. The minimum atomic E-state index is -0.166. The van der Waals surface area contributed by atoms with E-state index < -0.39 is 0 Å². The maximum absolute atomic E-state index is 10.1. The molecule has 304 valence electrons. The monoisotopic (exact) mass is 830 g/mol. The van der Waals surface area contributed by atoms with Crippen LogP contribution in [0.3, 0.4) is 0 Å². The van der Waals surface area contributed by atoms with Crippen LogP contribution in [0.2, 0.25) is 10.3 Å². The Morgan fingerprint density at radius 1 is 0.627 bits per heavy atom. The largest absolute Gasteiger partial charge is 0.390 e. The molecule has 0 aliphatic carbocycles. The number of tetrazole rings is 1. The van der Waals surface area contributed by atoms with Gasteiger partial charge in [0.1, 0.15) is 17.8 Å². The van der Waals surface area contributed by atoms with Crippen molar-refractivity contribution in [2.24, 2.45) is 0 Å². The number of imidazole rings is 2. The zero-order valence-electron chi connectivity index (χ0n) is 33.2. The van der Waals surface area contributed by atoms with E-state index in [1.165, 1.54) is 0 Å². The summed E-state index contributed by atoms with van der Waals surface area (Å²) in [5.74, 6) is 2.46. The molecule has 7 aromatic rings. The molecule has 13 nitrogen and oxygen atoms in total. The van der Waals surface area contributed by atoms with Crippen LogP contribution in [0.1, 0.15) is 85.4 Å². The summed E-state index contributed by atoms with van der Waals surface area (Å²) < 4.78 is 6.07. The average molecular weight is 832 g/mol. The molecule has 0 atom stereocenters. The fraction of sp³-hybridized carbons (Fsp3) is 0.295. The van der Waals surface area contributed by atoms with E-state index in [9.17, 15) is 5.11 Å². The number of unbranched alkanes of at least 4 members (excludes halogenated alkanes) is 2. The Morgan fingerprint density at radius 3 is 1.75 bits per heavy atom. The first-order valence-corrected chi connectivity index (χ1v) is 20.9. The van der Waals surface area contributed by atoms with Crippen LogP contribution in [-0.2, 0) is 39.1 Å². The Balaban J connectivity index is 1.06. The Hall–Kier alpha value is -5.25. The Labute approximate surface area is 353 Å². The highest BCUT2D eigenvalue weighted by molar-refractivity contribution is 6.30. The zero-order valence-corrected chi connectivity index (χ0v) is 34.7. The van der Waals surface area contributed by atoms with E-state index in [4.69, 9.17) is 28.2 Å². The lowest BCUT2D eigenvalue weighted by molar-refractivity contribution is 0.271. The number of aliphatic hydroxyl groups is 1. The lowest BCUT2D eigenvalue weighted by Crippen LogP contribution is -2.33. The van der Waals surface area contributed by atoms with E-state index in [1.54, 1.807) is 0 Å². The molecule has 0 amide bonds. The second-order valence-corrected chi connectivity index (χ2v) is 15.4. The Kier molecular flexibility index (Phi) is 12.9. The number of nitrogens with zero attached hydrogens (tertiary/aromatic N) is 8. The maximum atomic E-state index is 10.1. The lowest BCUT2D eigenvalue weighted by atomic mass is 9.97. The number of rotatable bonds is 17. The summed E-state index contributed by atoms with van der Waals surface area (Å²) in [4.78, 5) is 9.44. The van der Waals surface area contributed by atoms with E-state index in [0.29, 0.717) is 41.5 Å². The van der Waals surface area contributed by atoms with Crippen LogP contribution in [0.5, 0.6) is 0 Å². The van der Waals surface area contributed by atoms with Crippen LogP contribution in [0, 0.1) is 0 Å². The van der Waals surface area contributed by atoms with Crippen molar-refractivity contribution in [1.29, 1.82) is 0 Å². The van der Waals surface area contributed by atoms with Gasteiger partial charge in [-0.2, -0.15) is 11.1 Å². The number of aromatic nitrogens is 8. The number of aryl methyl sites for hydroxylation is 2. The van der Waals surface area contributed by atoms with E-state index >= 15 is 0 Å². The van der Waals surface area contributed by atoms with E-state index in [1.807, 2.05) is 33.5 Å². The smallest absolute Gasteiger partial charge is 0.183 e. The van der Waals surface area contributed by atoms with Crippen molar-refractivity contribution in [3.63, 3.8) is 0 Å². The molecular weight excluding hydrogens is 783 g/mol. The molecule has 1 fully saturated rings. The molecule has 0 spiro atoms. The number of halogens is 2. The minimum absolute atomic E-state index is 0.0736. The Morgan fingerprint density at radius 2 is 1.15 bits per heavy atom. The predicted octanol–water partition coefficient (Wildman–Crippen LogP) is 7.81. The van der Waals surface area contributed by atoms with Crippen LogP contribution < -0.4 is 21.9 Å². The highest BCUT2D eigenvalue weighted by atomic mass is 35.5. The van der Waals surface area contributed by atoms with Crippen molar-refractivity contribution in [1.82, 2.24) is 61.2 Å². The summed E-state index contributed by atoms with van der Waals surface area (Å²) in [6, 6.07) is 33.6. The van der Waals surface area contributed by atoms with Gasteiger partial charge in [0.05, 0.1) is 24.5 Å². The van der Waals surface area contributed by atoms with Crippen LogP contribution in [0.25, 0.3) is 33.6 Å². The summed E-state index contributed by atoms with van der Waals surface area (Å²) in [7, 11) is 0. The molecule has 3 aromatic heterocycles. The van der Waals surface area contributed by atoms with Gasteiger partial charge in [0.15, 0.2) is 16.1 Å². The topological polar surface area (TPSA) is 148 Å². The standard InChI is InChI=1S/C44H48Cl2N12O/c1-3-5-15-39-47-41(45)37(56(39)25-29-17-21-31(22-18-29)33-11-7-9-13-35(33)43-49-52-53-50-43)27-58-44(51-54-55-58)36-14-10-8-12-34(36)32-23-19-30(20-24-32)26-57-38(28-59)42(46)48-40(57)16-6-4-2/h7-14,17-24,43,49-50,52-53,59H,3-6,15-16,25-28H2,1-2H3. The molecule has 0 bridgehead atoms. The SMILES string of the molecule is CCCCc1nc(Cl)c(CO)n1Cc1ccc(-c2ccccc2-c2nnnn2Cc2c(Cl)nc(CCCC)n2Cc2ccc(-c3ccccc3C3NNNN3)cc2)cc1. The van der Waals surface area contributed by atoms with Gasteiger partial charge in [0.25, 0.3) is 0 Å². The third-order valence-electron chi connectivity index (χ3n) is 10.8. The van der Waals surface area contributed by atoms with Crippen LogP contribution >= 0.6 is 23.2 Å². The summed E-state index contributed by atoms with van der Waals surface area (Å²) in [5.41, 5.74) is 22.2. The molecule has 1 aliphatic heterocycles. The first-order valence-electron chi connectivity index (χ1n) is 20.2. The molecule has 59 heavy (non-hydrogen) atoms. The number of hydrazine groups is 3. The fourth-order valence-electron chi connectivity index (χ4n) is 7.68. The fourth-order valence-corrected chi connectivity index (χ4v) is 8.20. The lowest BCUT2D eigenvalue weighted by Gasteiger charge is -2.16. The predicted molar refractivity (Wildman–Crippen MR) is 231 cm³/mol. The van der Waals surface area contributed by atoms with Crippen LogP contribution in [0.4, 0.5) is 0 Å². The molecular formula is C44H48Cl2N12O. The number of benzene rings is 4. The van der Waals surface area contributed by atoms with Gasteiger partial charge in [-0.3, -0.25) is 0 Å². The van der Waals surface area contributed by atoms with Gasteiger partial charge in [-0.1, -0.05) is 147 Å². The van der Waals surface area contributed by atoms with Crippen molar-refractivity contribution < 1.29 is 5.11 Å². The van der Waals surface area contributed by atoms with Gasteiger partial charge in [0.2, 0.25) is 0 Å². The first kappa shape index (κ1) is 40.5. The third kappa shape index (κ3) is 8.87. The molecule has 0 saturated carbocycles. The van der Waals surface area contributed by atoms with E-state index in [0.717, 1.165) is 100 Å². The second kappa shape index (κ2) is 18.8. The minimum Gasteiger partial charge on any atom is -0.390 e. The van der Waals surface area contributed by atoms with Crippen LogP contribution in [0.15, 0.2) is 97.1 Å². The van der Waals surface area contributed by atoms with Gasteiger partial charge in [-0.25, -0.2) is 25.5 Å². The van der Waals surface area contributed by atoms with Crippen molar-refractivity contribution in [2.75, 3.05) is 0 Å². The van der Waals surface area contributed by atoms with Crippen molar-refractivity contribution in [3.8, 4) is 33.6 Å². The average Bonchev–Trinajstić information content (AvgIpc) is 4.08. The molecule has 0 radical (unpaired) electrons. The molecule has 0 unspecified atom stereocenters. The molecule has 5 N–H and O–H groups in total. The molecule has 4 aromatic carbocycles. The molecule has 8 rings (SSSR count). The number of nitrogens with one attached hydrogen (secondary N) is 4. The van der Waals surface area contributed by atoms with Crippen molar-refractivity contribution in [2.45, 2.75) is 84.8 Å². The summed E-state index contributed by atoms with van der Waals surface area (Å²) in [6.07, 6.45) is 5.62. The highest BCUT2D eigenvalue weighted by Crippen LogP contribution is 2.33. The van der Waals surface area contributed by atoms with Gasteiger partial charge >= 0.3 is 0 Å². The van der Waals surface area contributed by atoms with Gasteiger partial charge < -0.3 is 14.2 Å². The molecule has 1 saturated heterocycles. The number of hydrogen-bond donors (Lipinski definition) is 5. The van der Waals surface area contributed by atoms with E-state index in [2.05, 4.69) is 134 Å². The summed E-state index contributed by atoms with van der Waals surface area (Å²) in [6.45, 7) is 5.66. The van der Waals surface area contributed by atoms with Crippen molar-refractivity contribution >= 4 is 23.2 Å². The quantitative estimate of drug-likeness (QED) is 0.0616. The number of aliphatic hydroxyl groups excluding tert-OH is 1.